The van der Waals surface area contributed by atoms with Gasteiger partial charge in [-0.3, -0.25) is 4.79 Å². The average Bonchev–Trinajstić information content (AvgIpc) is 2.25. The van der Waals surface area contributed by atoms with Crippen LogP contribution in [0.2, 0.25) is 0 Å². The third kappa shape index (κ3) is 4.91. The summed E-state index contributed by atoms with van der Waals surface area (Å²) >= 11 is 0. The molecule has 1 aromatic rings. The van der Waals surface area contributed by atoms with Gasteiger partial charge in [0.15, 0.2) is 0 Å². The van der Waals surface area contributed by atoms with E-state index in [9.17, 15) is 13.6 Å². The van der Waals surface area contributed by atoms with Crippen LogP contribution in [-0.2, 0) is 11.3 Å². The van der Waals surface area contributed by atoms with Gasteiger partial charge in [-0.25, -0.2) is 8.78 Å². The van der Waals surface area contributed by atoms with Crippen LogP contribution in [0.25, 0.3) is 0 Å². The fourth-order valence-corrected chi connectivity index (χ4v) is 1.39. The highest BCUT2D eigenvalue weighted by Crippen LogP contribution is 2.09. The summed E-state index contributed by atoms with van der Waals surface area (Å²) in [6, 6.07) is 3.37. The number of carboxylic acid groups (broad SMARTS) is 1. The molecule has 1 rings (SSSR count). The lowest BCUT2D eigenvalue weighted by molar-refractivity contribution is -0.137. The molecule has 0 fully saturated rings. The number of hydrogen-bond donors (Lipinski definition) is 2. The molecule has 2 N–H and O–H groups in total. The van der Waals surface area contributed by atoms with Crippen molar-refractivity contribution in [1.82, 2.24) is 5.32 Å². The molecule has 0 saturated heterocycles. The van der Waals surface area contributed by atoms with Crippen molar-refractivity contribution < 1.29 is 18.7 Å². The van der Waals surface area contributed by atoms with Gasteiger partial charge in [0.2, 0.25) is 0 Å². The van der Waals surface area contributed by atoms with Gasteiger partial charge in [-0.05, 0) is 19.4 Å². The lowest BCUT2D eigenvalue weighted by Crippen LogP contribution is -2.26. The van der Waals surface area contributed by atoms with Crippen LogP contribution in [0.3, 0.4) is 0 Å². The monoisotopic (exact) mass is 243 g/mol. The van der Waals surface area contributed by atoms with Crippen LogP contribution >= 0.6 is 0 Å². The van der Waals surface area contributed by atoms with E-state index in [0.717, 1.165) is 6.07 Å². The zero-order chi connectivity index (χ0) is 12.8. The Kier molecular flexibility index (Phi) is 5.03. The molecule has 0 aliphatic carbocycles. The molecule has 0 saturated carbocycles. The fraction of sp³-hybridized carbons (Fsp3) is 0.417. The highest BCUT2D eigenvalue weighted by atomic mass is 19.1. The largest absolute Gasteiger partial charge is 0.481 e. The summed E-state index contributed by atoms with van der Waals surface area (Å²) in [5, 5.41) is 11.5. The van der Waals surface area contributed by atoms with Gasteiger partial charge in [0.05, 0.1) is 0 Å². The van der Waals surface area contributed by atoms with Crippen LogP contribution in [0, 0.1) is 11.6 Å². The Morgan fingerprint density at radius 3 is 2.76 bits per heavy atom. The SMILES string of the molecule is CC(CCC(=O)O)NCc1ccc(F)cc1F. The maximum atomic E-state index is 13.2. The fourth-order valence-electron chi connectivity index (χ4n) is 1.39. The first-order valence-electron chi connectivity index (χ1n) is 5.38. The summed E-state index contributed by atoms with van der Waals surface area (Å²) in [5.74, 6) is -2.06. The topological polar surface area (TPSA) is 49.3 Å². The highest BCUT2D eigenvalue weighted by molar-refractivity contribution is 5.66. The summed E-state index contributed by atoms with van der Waals surface area (Å²) < 4.78 is 25.9. The molecule has 1 unspecified atom stereocenters. The van der Waals surface area contributed by atoms with Crippen LogP contribution in [-0.4, -0.2) is 17.1 Å². The molecule has 1 aromatic carbocycles. The van der Waals surface area contributed by atoms with E-state index in [1.165, 1.54) is 12.1 Å². The van der Waals surface area contributed by atoms with Crippen LogP contribution in [0.15, 0.2) is 18.2 Å². The molecule has 94 valence electrons. The van der Waals surface area contributed by atoms with Crippen molar-refractivity contribution in [3.63, 3.8) is 0 Å². The van der Waals surface area contributed by atoms with Crippen LogP contribution < -0.4 is 5.32 Å². The number of nitrogens with one attached hydrogen (secondary N) is 1. The number of carboxylic acids is 1. The number of carbonyl (C=O) groups is 1. The van der Waals surface area contributed by atoms with Gasteiger partial charge in [0.1, 0.15) is 11.6 Å². The second-order valence-electron chi connectivity index (χ2n) is 3.95. The maximum absolute atomic E-state index is 13.2. The van der Waals surface area contributed by atoms with E-state index in [4.69, 9.17) is 5.11 Å². The molecule has 0 aliphatic heterocycles. The first-order chi connectivity index (χ1) is 7.99. The lowest BCUT2D eigenvalue weighted by atomic mass is 10.1. The molecule has 0 amide bonds. The molecule has 0 aromatic heterocycles. The molecule has 5 heteroatoms. The minimum Gasteiger partial charge on any atom is -0.481 e. The van der Waals surface area contributed by atoms with E-state index in [-0.39, 0.29) is 19.0 Å². The first kappa shape index (κ1) is 13.6. The van der Waals surface area contributed by atoms with E-state index in [2.05, 4.69) is 5.32 Å². The van der Waals surface area contributed by atoms with Crippen LogP contribution in [0.5, 0.6) is 0 Å². The van der Waals surface area contributed by atoms with Gasteiger partial charge < -0.3 is 10.4 Å². The summed E-state index contributed by atoms with van der Waals surface area (Å²) in [5.41, 5.74) is 0.369. The number of hydrogen-bond acceptors (Lipinski definition) is 2. The van der Waals surface area contributed by atoms with Gasteiger partial charge >= 0.3 is 5.97 Å². The molecular weight excluding hydrogens is 228 g/mol. The normalized spacial score (nSPS) is 12.4. The Labute approximate surface area is 98.5 Å². The Morgan fingerprint density at radius 2 is 2.18 bits per heavy atom. The molecule has 0 radical (unpaired) electrons. The van der Waals surface area contributed by atoms with Crippen LogP contribution in [0.4, 0.5) is 8.78 Å². The van der Waals surface area contributed by atoms with Gasteiger partial charge in [-0.1, -0.05) is 6.07 Å². The summed E-state index contributed by atoms with van der Waals surface area (Å²) in [6.07, 6.45) is 0.540. The number of rotatable bonds is 6. The molecule has 0 bridgehead atoms. The smallest absolute Gasteiger partial charge is 0.303 e. The third-order valence-corrected chi connectivity index (χ3v) is 2.45. The predicted molar refractivity (Wildman–Crippen MR) is 59.5 cm³/mol. The Bertz CT molecular complexity index is 396. The number of benzene rings is 1. The van der Waals surface area contributed by atoms with Crippen molar-refractivity contribution in [3.8, 4) is 0 Å². The van der Waals surface area contributed by atoms with Gasteiger partial charge in [0, 0.05) is 30.6 Å². The maximum Gasteiger partial charge on any atom is 0.303 e. The van der Waals surface area contributed by atoms with Gasteiger partial charge in [0.25, 0.3) is 0 Å². The lowest BCUT2D eigenvalue weighted by Gasteiger charge is -2.13. The zero-order valence-electron chi connectivity index (χ0n) is 9.54. The molecule has 0 aliphatic rings. The zero-order valence-corrected chi connectivity index (χ0v) is 9.54. The quantitative estimate of drug-likeness (QED) is 0.806. The molecular formula is C12H15F2NO2. The van der Waals surface area contributed by atoms with E-state index < -0.39 is 17.6 Å². The Hall–Kier alpha value is -1.49. The van der Waals surface area contributed by atoms with Gasteiger partial charge in [-0.15, -0.1) is 0 Å². The van der Waals surface area contributed by atoms with Crippen molar-refractivity contribution >= 4 is 5.97 Å². The molecule has 1 atom stereocenters. The number of aliphatic carboxylic acids is 1. The van der Waals surface area contributed by atoms with E-state index in [1.54, 1.807) is 0 Å². The number of halogens is 2. The molecule has 3 nitrogen and oxygen atoms in total. The summed E-state index contributed by atoms with van der Waals surface area (Å²) in [6.45, 7) is 2.08. The summed E-state index contributed by atoms with van der Waals surface area (Å²) in [4.78, 5) is 10.3. The minimum absolute atomic E-state index is 0.0319. The van der Waals surface area contributed by atoms with Crippen molar-refractivity contribution in [2.24, 2.45) is 0 Å². The van der Waals surface area contributed by atoms with E-state index >= 15 is 0 Å². The average molecular weight is 243 g/mol. The Morgan fingerprint density at radius 1 is 1.47 bits per heavy atom. The minimum atomic E-state index is -0.855. The van der Waals surface area contributed by atoms with E-state index in [0.29, 0.717) is 12.0 Å². The van der Waals surface area contributed by atoms with Gasteiger partial charge in [-0.2, -0.15) is 0 Å². The third-order valence-electron chi connectivity index (χ3n) is 2.45. The van der Waals surface area contributed by atoms with Crippen molar-refractivity contribution in [2.45, 2.75) is 32.4 Å². The first-order valence-corrected chi connectivity index (χ1v) is 5.38. The van der Waals surface area contributed by atoms with Crippen molar-refractivity contribution in [3.05, 3.63) is 35.4 Å². The summed E-state index contributed by atoms with van der Waals surface area (Å²) in [7, 11) is 0. The molecule has 0 spiro atoms. The van der Waals surface area contributed by atoms with E-state index in [1.807, 2.05) is 6.92 Å². The molecule has 17 heavy (non-hydrogen) atoms. The second kappa shape index (κ2) is 6.30. The van der Waals surface area contributed by atoms with Crippen LogP contribution in [0.1, 0.15) is 25.3 Å². The Balaban J connectivity index is 2.41. The molecule has 0 heterocycles. The standard InChI is InChI=1S/C12H15F2NO2/c1-8(2-5-12(16)17)15-7-9-3-4-10(13)6-11(9)14/h3-4,6,8,15H,2,5,7H2,1H3,(H,16,17). The second-order valence-corrected chi connectivity index (χ2v) is 3.95. The predicted octanol–water partition coefficient (Wildman–Crippen LogP) is 2.31. The van der Waals surface area contributed by atoms with Crippen molar-refractivity contribution in [1.29, 1.82) is 0 Å². The highest BCUT2D eigenvalue weighted by Gasteiger charge is 2.07. The van der Waals surface area contributed by atoms with Crippen molar-refractivity contribution in [2.75, 3.05) is 0 Å².